The molecule has 5 atom stereocenters. The first-order valence-corrected chi connectivity index (χ1v) is 24.7. The van der Waals surface area contributed by atoms with Crippen LogP contribution in [0.1, 0.15) is 108 Å². The number of aliphatic hydroxyl groups is 1. The molecule has 4 heterocycles. The van der Waals surface area contributed by atoms with Crippen LogP contribution in [-0.4, -0.2) is 102 Å². The van der Waals surface area contributed by atoms with Gasteiger partial charge >= 0.3 is 6.09 Å². The number of aliphatic hydroxyl groups excluding tert-OH is 1. The van der Waals surface area contributed by atoms with E-state index in [1.807, 2.05) is 37.9 Å². The minimum atomic E-state index is -1.39. The molecule has 16 heteroatoms. The van der Waals surface area contributed by atoms with Gasteiger partial charge < -0.3 is 50.2 Å². The fourth-order valence-electron chi connectivity index (χ4n) is 10.1. The number of rotatable bonds is 15. The van der Waals surface area contributed by atoms with Crippen LogP contribution in [0.3, 0.4) is 0 Å². The second-order valence-electron chi connectivity index (χ2n) is 20.2. The van der Waals surface area contributed by atoms with Crippen LogP contribution < -0.4 is 35.5 Å². The quantitative estimate of drug-likeness (QED) is 0.0874. The summed E-state index contributed by atoms with van der Waals surface area (Å²) in [4.78, 5) is 72.4. The maximum Gasteiger partial charge on any atom is 0.416 e. The molecule has 5 amide bonds. The van der Waals surface area contributed by atoms with Crippen molar-refractivity contribution in [1.29, 1.82) is 0 Å². The predicted octanol–water partition coefficient (Wildman–Crippen LogP) is 7.26. The Morgan fingerprint density at radius 1 is 0.873 bits per heavy atom. The molecule has 1 saturated heterocycles. The van der Waals surface area contributed by atoms with Crippen LogP contribution in [0.2, 0.25) is 0 Å². The zero-order valence-corrected chi connectivity index (χ0v) is 41.3. The van der Waals surface area contributed by atoms with Gasteiger partial charge in [0.25, 0.3) is 11.8 Å². The van der Waals surface area contributed by atoms with Crippen molar-refractivity contribution >= 4 is 46.7 Å². The normalized spacial score (nSPS) is 20.4. The second kappa shape index (κ2) is 20.1. The van der Waals surface area contributed by atoms with Crippen molar-refractivity contribution < 1.29 is 48.0 Å². The Balaban J connectivity index is 0.846. The third-order valence-electron chi connectivity index (χ3n) is 14.7. The van der Waals surface area contributed by atoms with Gasteiger partial charge in [0.1, 0.15) is 18.4 Å². The van der Waals surface area contributed by atoms with Crippen molar-refractivity contribution in [3.05, 3.63) is 118 Å². The Morgan fingerprint density at radius 2 is 1.59 bits per heavy atom. The van der Waals surface area contributed by atoms with Gasteiger partial charge in [0.2, 0.25) is 11.8 Å². The molecule has 5 N–H and O–H groups in total. The number of anilines is 2. The number of ether oxygens (including phenoxy) is 4. The Hall–Kier alpha value is -6.91. The monoisotopic (exact) mass is 968 g/mol. The molecule has 4 aliphatic heterocycles. The molecule has 1 unspecified atom stereocenters. The van der Waals surface area contributed by atoms with Gasteiger partial charge in [-0.25, -0.2) is 9.69 Å². The number of hydrogen-bond donors (Lipinski definition) is 4. The van der Waals surface area contributed by atoms with E-state index >= 15 is 0 Å². The maximum atomic E-state index is 14.3. The van der Waals surface area contributed by atoms with Crippen molar-refractivity contribution in [3.63, 3.8) is 0 Å². The highest BCUT2D eigenvalue weighted by Gasteiger charge is 2.58. The number of amides is 5. The smallest absolute Gasteiger partial charge is 0.416 e. The first-order valence-electron chi connectivity index (χ1n) is 24.7. The SMILES string of the molecule is COc1cc2c(cc1OCCCOc1cc3c(cc1C)C(=O)N1CC4(CC4)C[C@H]1C(O)N3C(=O)OCc1ccc(NC(=O)[C@H](C)NC(=O)[C@@H](N)C(C)C)cc1)CC[C@@H]1CC(c3ccc(C)cc3)=CN1C2=O. The van der Waals surface area contributed by atoms with Gasteiger partial charge in [-0.15, -0.1) is 0 Å². The average Bonchev–Trinajstić information content (AvgIpc) is 3.86. The number of carbonyl (C=O) groups excluding carboxylic acids is 5. The van der Waals surface area contributed by atoms with Gasteiger partial charge in [0, 0.05) is 42.5 Å². The van der Waals surface area contributed by atoms with E-state index in [2.05, 4.69) is 41.8 Å². The van der Waals surface area contributed by atoms with Crippen molar-refractivity contribution in [2.24, 2.45) is 17.1 Å². The lowest BCUT2D eigenvalue weighted by molar-refractivity contribution is -0.127. The first-order chi connectivity index (χ1) is 34.0. The minimum absolute atomic E-state index is 0.0509. The minimum Gasteiger partial charge on any atom is -0.493 e. The molecule has 4 aromatic carbocycles. The van der Waals surface area contributed by atoms with Crippen molar-refractivity contribution in [1.82, 2.24) is 15.1 Å². The molecule has 2 fully saturated rings. The number of benzene rings is 4. The topological polar surface area (TPSA) is 202 Å². The van der Waals surface area contributed by atoms with Crippen LogP contribution in [0.15, 0.2) is 79.0 Å². The van der Waals surface area contributed by atoms with Crippen LogP contribution >= 0.6 is 0 Å². The van der Waals surface area contributed by atoms with E-state index < -0.39 is 42.3 Å². The molecule has 16 nitrogen and oxygen atoms in total. The van der Waals surface area contributed by atoms with Crippen LogP contribution in [0, 0.1) is 25.2 Å². The molecule has 71 heavy (non-hydrogen) atoms. The number of nitrogens with two attached hydrogens (primary N) is 1. The van der Waals surface area contributed by atoms with Gasteiger partial charge in [0.15, 0.2) is 17.7 Å². The molecule has 1 aliphatic carbocycles. The highest BCUT2D eigenvalue weighted by atomic mass is 16.6. The Kier molecular flexibility index (Phi) is 13.9. The summed E-state index contributed by atoms with van der Waals surface area (Å²) in [7, 11) is 1.56. The van der Waals surface area contributed by atoms with Gasteiger partial charge in [-0.2, -0.15) is 0 Å². The van der Waals surface area contributed by atoms with E-state index in [9.17, 15) is 29.1 Å². The Labute approximate surface area is 414 Å². The molecule has 0 aromatic heterocycles. The summed E-state index contributed by atoms with van der Waals surface area (Å²) >= 11 is 0. The number of carbonyl (C=O) groups is 5. The lowest BCUT2D eigenvalue weighted by Crippen LogP contribution is -2.50. The molecule has 0 bridgehead atoms. The standard InChI is InChI=1S/C55H64N6O10/c1-31(2)48(56)50(63)57-34(5)49(62)58-39-15-10-35(11-16-39)29-71-54(67)61-43-26-45(33(4)22-42(43)52(65)60-30-55(18-19-55)27-44(60)53(61)66)69-20-7-21-70-47-24-37-14-17-40-23-38(36-12-8-32(3)9-13-36)28-59(40)51(64)41(37)25-46(47)68-6/h8-13,15-16,22,24-26,28,31,34,40,44,48,53,66H,7,14,17-21,23,27,29-30,56H2,1-6H3,(H,57,63)(H,58,62)/t34-,40+,44-,48-,53?/m0/s1. The summed E-state index contributed by atoms with van der Waals surface area (Å²) in [6.45, 7) is 9.97. The summed E-state index contributed by atoms with van der Waals surface area (Å²) < 4.78 is 24.1. The van der Waals surface area contributed by atoms with Gasteiger partial charge in [-0.05, 0) is 129 Å². The Bertz CT molecular complexity index is 2750. The Morgan fingerprint density at radius 3 is 2.28 bits per heavy atom. The van der Waals surface area contributed by atoms with Gasteiger partial charge in [-0.1, -0.05) is 55.8 Å². The van der Waals surface area contributed by atoms with Crippen LogP contribution in [0.5, 0.6) is 17.2 Å². The number of fused-ring (bicyclic) bond motifs is 4. The zero-order valence-electron chi connectivity index (χ0n) is 41.3. The number of hydrogen-bond acceptors (Lipinski definition) is 11. The lowest BCUT2D eigenvalue weighted by atomic mass is 9.97. The van der Waals surface area contributed by atoms with Crippen LogP contribution in [0.4, 0.5) is 16.2 Å². The fourth-order valence-corrected chi connectivity index (χ4v) is 10.1. The molecule has 5 aliphatic rings. The molecular formula is C55H64N6O10. The molecule has 374 valence electrons. The number of aryl methyl sites for hydroxylation is 3. The third kappa shape index (κ3) is 10.2. The average molecular weight is 969 g/mol. The molecule has 1 saturated carbocycles. The number of methoxy groups -OCH3 is 1. The van der Waals surface area contributed by atoms with E-state index in [1.165, 1.54) is 10.5 Å². The molecule has 1 spiro atoms. The van der Waals surface area contributed by atoms with Crippen LogP contribution in [0.25, 0.3) is 5.57 Å². The van der Waals surface area contributed by atoms with Crippen molar-refractivity contribution in [3.8, 4) is 17.2 Å². The van der Waals surface area contributed by atoms with E-state index in [0.717, 1.165) is 42.4 Å². The maximum absolute atomic E-state index is 14.3. The highest BCUT2D eigenvalue weighted by Crippen LogP contribution is 2.57. The van der Waals surface area contributed by atoms with E-state index in [1.54, 1.807) is 61.4 Å². The van der Waals surface area contributed by atoms with Crippen molar-refractivity contribution in [2.75, 3.05) is 37.1 Å². The third-order valence-corrected chi connectivity index (χ3v) is 14.7. The number of nitrogens with zero attached hydrogens (tertiary/aromatic N) is 3. The molecular weight excluding hydrogens is 905 g/mol. The molecule has 4 aromatic rings. The lowest BCUT2D eigenvalue weighted by Gasteiger charge is -2.31. The highest BCUT2D eigenvalue weighted by molar-refractivity contribution is 6.06. The number of nitrogens with one attached hydrogen (secondary N) is 2. The van der Waals surface area contributed by atoms with Crippen LogP contribution in [-0.2, 0) is 27.4 Å². The summed E-state index contributed by atoms with van der Waals surface area (Å²) in [5.74, 6) is 0.186. The largest absolute Gasteiger partial charge is 0.493 e. The zero-order chi connectivity index (χ0) is 50.3. The van der Waals surface area contributed by atoms with Gasteiger partial charge in [0.05, 0.1) is 43.7 Å². The van der Waals surface area contributed by atoms with Crippen molar-refractivity contribution in [2.45, 2.75) is 117 Å². The summed E-state index contributed by atoms with van der Waals surface area (Å²) in [6, 6.07) is 20.0. The van der Waals surface area contributed by atoms with E-state index in [-0.39, 0.29) is 60.3 Å². The van der Waals surface area contributed by atoms with E-state index in [0.29, 0.717) is 65.4 Å². The molecule has 9 rings (SSSR count). The predicted molar refractivity (Wildman–Crippen MR) is 267 cm³/mol. The summed E-state index contributed by atoms with van der Waals surface area (Å²) in [6.07, 6.45) is 5.04. The first kappa shape index (κ1) is 49.1. The van der Waals surface area contributed by atoms with E-state index in [4.69, 9.17) is 24.7 Å². The second-order valence-corrected chi connectivity index (χ2v) is 20.2. The summed E-state index contributed by atoms with van der Waals surface area (Å²) in [5, 5.41) is 17.4. The molecule has 0 radical (unpaired) electrons. The van der Waals surface area contributed by atoms with Gasteiger partial charge in [-0.3, -0.25) is 19.2 Å². The fraction of sp³-hybridized carbons (Fsp3) is 0.436. The summed E-state index contributed by atoms with van der Waals surface area (Å²) in [5.41, 5.74) is 13.1.